The molecule has 0 spiro atoms. The van der Waals surface area contributed by atoms with Crippen LogP contribution in [0.25, 0.3) is 0 Å². The summed E-state index contributed by atoms with van der Waals surface area (Å²) in [6.45, 7) is 4.31. The van der Waals surface area contributed by atoms with E-state index in [1.165, 1.54) is 173 Å². The van der Waals surface area contributed by atoms with E-state index in [2.05, 4.69) is 50.3 Å². The molecule has 0 aliphatic carbocycles. The number of unbranched alkanes of at least 4 members (excludes halogenated alkanes) is 32. The van der Waals surface area contributed by atoms with Crippen molar-refractivity contribution in [3.63, 3.8) is 0 Å². The van der Waals surface area contributed by atoms with Crippen molar-refractivity contribution < 1.29 is 42.1 Å². The van der Waals surface area contributed by atoms with Gasteiger partial charge in [0.2, 0.25) is 0 Å². The Balaban J connectivity index is 4.00. The minimum Gasteiger partial charge on any atom is -0.462 e. The fourth-order valence-electron chi connectivity index (χ4n) is 8.09. The molecule has 0 aromatic heterocycles. The standard InChI is InChI=1S/C57H108NO8P/c1-6-8-10-12-14-16-18-20-21-22-23-24-25-26-27-28-29-30-31-32-33-34-35-36-38-39-41-43-45-47-49-56(59)63-53-55(54-65-67(61,62)64-52-51-58(3,4)5)66-57(60)50-48-46-44-42-40-37-19-17-15-13-11-9-7-2/h9,11,15,17,37,40,55H,6-8,10,12-14,16,18-36,38-39,41-54H2,1-5H3/p+1/b11-9-,17-15-,40-37-. The minimum absolute atomic E-state index is 0.0267. The van der Waals surface area contributed by atoms with E-state index in [-0.39, 0.29) is 32.0 Å². The van der Waals surface area contributed by atoms with Crippen molar-refractivity contribution in [2.45, 2.75) is 270 Å². The molecule has 0 aliphatic heterocycles. The number of ether oxygens (including phenoxy) is 2. The molecule has 0 saturated heterocycles. The lowest BCUT2D eigenvalue weighted by atomic mass is 10.0. The zero-order valence-corrected chi connectivity index (χ0v) is 45.5. The molecular weight excluding hydrogens is 858 g/mol. The first-order chi connectivity index (χ1) is 32.5. The van der Waals surface area contributed by atoms with Gasteiger partial charge in [-0.3, -0.25) is 18.6 Å². The number of phosphoric acid groups is 1. The number of phosphoric ester groups is 1. The first-order valence-electron chi connectivity index (χ1n) is 28.2. The van der Waals surface area contributed by atoms with Gasteiger partial charge in [0.15, 0.2) is 6.10 Å². The molecule has 0 aromatic rings. The summed E-state index contributed by atoms with van der Waals surface area (Å²) in [5, 5.41) is 0. The largest absolute Gasteiger partial charge is 0.472 e. The van der Waals surface area contributed by atoms with Crippen LogP contribution in [0.1, 0.15) is 264 Å². The van der Waals surface area contributed by atoms with Crippen LogP contribution in [0.2, 0.25) is 0 Å². The van der Waals surface area contributed by atoms with Crippen LogP contribution in [0.15, 0.2) is 36.5 Å². The number of rotatable bonds is 52. The van der Waals surface area contributed by atoms with E-state index in [4.69, 9.17) is 18.5 Å². The van der Waals surface area contributed by atoms with Crippen LogP contribution in [0.5, 0.6) is 0 Å². The molecule has 0 heterocycles. The normalized spacial score (nSPS) is 13.6. The Morgan fingerprint density at radius 3 is 1.27 bits per heavy atom. The van der Waals surface area contributed by atoms with Gasteiger partial charge >= 0.3 is 19.8 Å². The molecule has 0 rings (SSSR count). The first kappa shape index (κ1) is 65.2. The van der Waals surface area contributed by atoms with Crippen molar-refractivity contribution in [1.29, 1.82) is 0 Å². The summed E-state index contributed by atoms with van der Waals surface area (Å²) in [5.74, 6) is -0.822. The Labute approximate surface area is 414 Å². The zero-order valence-electron chi connectivity index (χ0n) is 44.6. The molecule has 9 nitrogen and oxygen atoms in total. The molecule has 394 valence electrons. The van der Waals surface area contributed by atoms with Crippen LogP contribution in [0.3, 0.4) is 0 Å². The van der Waals surface area contributed by atoms with Crippen molar-refractivity contribution in [3.8, 4) is 0 Å². The van der Waals surface area contributed by atoms with Gasteiger partial charge in [-0.1, -0.05) is 243 Å². The zero-order chi connectivity index (χ0) is 49.2. The number of nitrogens with zero attached hydrogens (tertiary/aromatic N) is 1. The SMILES string of the molecule is CC/C=C\C/C=C\C/C=C\CCCCCC(=O)OC(COC(=O)CCCCCCCCCCCCCCCCCCCCCCCCCCCCCCCC)COP(=O)(O)OCC[N+](C)(C)C. The molecule has 0 aliphatic rings. The molecule has 10 heteroatoms. The molecule has 0 radical (unpaired) electrons. The highest BCUT2D eigenvalue weighted by Crippen LogP contribution is 2.43. The number of carbonyl (C=O) groups is 2. The predicted octanol–water partition coefficient (Wildman–Crippen LogP) is 17.2. The summed E-state index contributed by atoms with van der Waals surface area (Å²) < 4.78 is 34.4. The van der Waals surface area contributed by atoms with E-state index in [0.29, 0.717) is 17.4 Å². The van der Waals surface area contributed by atoms with Crippen molar-refractivity contribution in [2.75, 3.05) is 47.5 Å². The van der Waals surface area contributed by atoms with E-state index in [1.807, 2.05) is 21.1 Å². The number of allylic oxidation sites excluding steroid dienone is 6. The predicted molar refractivity (Wildman–Crippen MR) is 284 cm³/mol. The number of esters is 2. The summed E-state index contributed by atoms with van der Waals surface area (Å²) in [6, 6.07) is 0. The van der Waals surface area contributed by atoms with Gasteiger partial charge in [-0.25, -0.2) is 4.57 Å². The van der Waals surface area contributed by atoms with Crippen LogP contribution in [-0.4, -0.2) is 74.9 Å². The van der Waals surface area contributed by atoms with E-state index in [1.54, 1.807) is 0 Å². The fraction of sp³-hybridized carbons (Fsp3) is 0.860. The number of carbonyl (C=O) groups excluding carboxylic acids is 2. The lowest BCUT2D eigenvalue weighted by Gasteiger charge is -2.24. The highest BCUT2D eigenvalue weighted by Gasteiger charge is 2.27. The van der Waals surface area contributed by atoms with Gasteiger partial charge in [-0.05, 0) is 44.9 Å². The van der Waals surface area contributed by atoms with Crippen LogP contribution in [-0.2, 0) is 32.7 Å². The van der Waals surface area contributed by atoms with Crippen LogP contribution < -0.4 is 0 Å². The maximum absolute atomic E-state index is 12.7. The van der Waals surface area contributed by atoms with Gasteiger partial charge < -0.3 is 18.9 Å². The lowest BCUT2D eigenvalue weighted by Crippen LogP contribution is -2.37. The second-order valence-electron chi connectivity index (χ2n) is 20.3. The third-order valence-electron chi connectivity index (χ3n) is 12.4. The Morgan fingerprint density at radius 1 is 0.478 bits per heavy atom. The number of likely N-dealkylation sites (N-methyl/N-ethyl adjacent to an activating group) is 1. The van der Waals surface area contributed by atoms with Crippen molar-refractivity contribution in [1.82, 2.24) is 0 Å². The average molecular weight is 967 g/mol. The summed E-state index contributed by atoms with van der Waals surface area (Å²) >= 11 is 0. The molecule has 2 atom stereocenters. The summed E-state index contributed by atoms with van der Waals surface area (Å²) in [6.07, 6.45) is 59.6. The first-order valence-corrected chi connectivity index (χ1v) is 29.7. The smallest absolute Gasteiger partial charge is 0.462 e. The Kier molecular flexibility index (Phi) is 47.9. The Bertz CT molecular complexity index is 1230. The molecule has 0 saturated carbocycles. The highest BCUT2D eigenvalue weighted by atomic mass is 31.2. The second kappa shape index (κ2) is 49.2. The molecule has 1 N–H and O–H groups in total. The average Bonchev–Trinajstić information content (AvgIpc) is 3.29. The Morgan fingerprint density at radius 2 is 0.851 bits per heavy atom. The van der Waals surface area contributed by atoms with Crippen molar-refractivity contribution >= 4 is 19.8 Å². The molecule has 0 fully saturated rings. The van der Waals surface area contributed by atoms with Crippen molar-refractivity contribution in [2.24, 2.45) is 0 Å². The fourth-order valence-corrected chi connectivity index (χ4v) is 8.83. The summed E-state index contributed by atoms with van der Waals surface area (Å²) in [4.78, 5) is 35.5. The molecule has 67 heavy (non-hydrogen) atoms. The van der Waals surface area contributed by atoms with Gasteiger partial charge in [-0.2, -0.15) is 0 Å². The van der Waals surface area contributed by atoms with Gasteiger partial charge in [0.05, 0.1) is 27.7 Å². The molecule has 0 bridgehead atoms. The van der Waals surface area contributed by atoms with E-state index < -0.39 is 26.5 Å². The van der Waals surface area contributed by atoms with E-state index in [0.717, 1.165) is 57.8 Å². The van der Waals surface area contributed by atoms with E-state index in [9.17, 15) is 19.0 Å². The molecule has 2 unspecified atom stereocenters. The van der Waals surface area contributed by atoms with Gasteiger partial charge in [0.25, 0.3) is 0 Å². The number of quaternary nitrogens is 1. The number of hydrogen-bond donors (Lipinski definition) is 1. The maximum Gasteiger partial charge on any atom is 0.472 e. The molecular formula is C57H109NO8P+. The van der Waals surface area contributed by atoms with Gasteiger partial charge in [-0.15, -0.1) is 0 Å². The third-order valence-corrected chi connectivity index (χ3v) is 13.4. The highest BCUT2D eigenvalue weighted by molar-refractivity contribution is 7.47. The van der Waals surface area contributed by atoms with Crippen LogP contribution >= 0.6 is 7.82 Å². The van der Waals surface area contributed by atoms with Gasteiger partial charge in [0.1, 0.15) is 19.8 Å². The quantitative estimate of drug-likeness (QED) is 0.0211. The Hall–Kier alpha value is -1.77. The number of hydrogen-bond acceptors (Lipinski definition) is 7. The monoisotopic (exact) mass is 967 g/mol. The van der Waals surface area contributed by atoms with Gasteiger partial charge in [0, 0.05) is 12.8 Å². The van der Waals surface area contributed by atoms with E-state index >= 15 is 0 Å². The van der Waals surface area contributed by atoms with Crippen LogP contribution in [0.4, 0.5) is 0 Å². The minimum atomic E-state index is -4.39. The third kappa shape index (κ3) is 53.4. The summed E-state index contributed by atoms with van der Waals surface area (Å²) in [5.41, 5.74) is 0. The molecule has 0 amide bonds. The summed E-state index contributed by atoms with van der Waals surface area (Å²) in [7, 11) is 1.46. The van der Waals surface area contributed by atoms with Crippen molar-refractivity contribution in [3.05, 3.63) is 36.5 Å². The lowest BCUT2D eigenvalue weighted by molar-refractivity contribution is -0.870. The molecule has 0 aromatic carbocycles. The topological polar surface area (TPSA) is 108 Å². The second-order valence-corrected chi connectivity index (χ2v) is 21.8. The maximum atomic E-state index is 12.7. The van der Waals surface area contributed by atoms with Crippen LogP contribution in [0, 0.1) is 0 Å².